The summed E-state index contributed by atoms with van der Waals surface area (Å²) in [4.78, 5) is 25.1. The Bertz CT molecular complexity index is 1060. The lowest BCUT2D eigenvalue weighted by molar-refractivity contribution is -0.112. The normalized spacial score (nSPS) is 13.5. The van der Waals surface area contributed by atoms with E-state index in [4.69, 9.17) is 9.47 Å². The monoisotopic (exact) mass is 433 g/mol. The summed E-state index contributed by atoms with van der Waals surface area (Å²) < 4.78 is 13.0. The molecule has 0 fully saturated rings. The van der Waals surface area contributed by atoms with Gasteiger partial charge in [0, 0.05) is 29.5 Å². The molecule has 0 amide bonds. The van der Waals surface area contributed by atoms with Crippen molar-refractivity contribution in [2.24, 2.45) is 5.92 Å². The van der Waals surface area contributed by atoms with Gasteiger partial charge in [-0.15, -0.1) is 6.58 Å². The molecule has 1 heterocycles. The van der Waals surface area contributed by atoms with Gasteiger partial charge in [0.05, 0.1) is 12.1 Å². The summed E-state index contributed by atoms with van der Waals surface area (Å²) in [6.07, 6.45) is 2.70. The molecule has 0 aliphatic carbocycles. The molecule has 3 rings (SSSR count). The Kier molecular flexibility index (Phi) is 7.65. The van der Waals surface area contributed by atoms with E-state index in [-0.39, 0.29) is 11.8 Å². The third-order valence-corrected chi connectivity index (χ3v) is 5.25. The van der Waals surface area contributed by atoms with E-state index < -0.39 is 11.7 Å². The van der Waals surface area contributed by atoms with Crippen molar-refractivity contribution < 1.29 is 19.1 Å². The average Bonchev–Trinajstić information content (AvgIpc) is 3.14. The minimum absolute atomic E-state index is 0.354. The van der Waals surface area contributed by atoms with Crippen LogP contribution in [0.4, 0.5) is 4.79 Å². The number of hydrogen-bond donors (Lipinski definition) is 0. The maximum absolute atomic E-state index is 13.1. The van der Waals surface area contributed by atoms with Gasteiger partial charge in [-0.25, -0.2) is 9.36 Å². The second-order valence-corrected chi connectivity index (χ2v) is 8.83. The highest BCUT2D eigenvalue weighted by Crippen LogP contribution is 2.33. The van der Waals surface area contributed by atoms with Crippen LogP contribution >= 0.6 is 0 Å². The number of hydrogen-bond acceptors (Lipinski definition) is 4. The van der Waals surface area contributed by atoms with Gasteiger partial charge in [-0.05, 0) is 44.9 Å². The van der Waals surface area contributed by atoms with Gasteiger partial charge < -0.3 is 14.3 Å². The lowest BCUT2D eigenvalue weighted by Crippen LogP contribution is -2.29. The summed E-state index contributed by atoms with van der Waals surface area (Å²) in [7, 11) is 0. The molecule has 0 N–H and O–H groups in total. The zero-order valence-electron chi connectivity index (χ0n) is 19.0. The standard InChI is InChI=1S/C27H31NO4/c1-5-23(22(18-29)15-16-31-19-20-11-7-6-8-12-20)25-17-21-13-9-10-14-24(21)28(25)26(30)32-27(2,3)4/h5-14,17-18,22-23H,1,15-16,19H2,2-4H3/t22-,23-/m0/s1. The lowest BCUT2D eigenvalue weighted by atomic mass is 9.88. The molecule has 5 heteroatoms. The van der Waals surface area contributed by atoms with Gasteiger partial charge in [-0.3, -0.25) is 0 Å². The van der Waals surface area contributed by atoms with Crippen LogP contribution in [0.5, 0.6) is 0 Å². The minimum atomic E-state index is -0.640. The number of fused-ring (bicyclic) bond motifs is 1. The first-order chi connectivity index (χ1) is 15.3. The third-order valence-electron chi connectivity index (χ3n) is 5.25. The summed E-state index contributed by atoms with van der Waals surface area (Å²) in [6.45, 7) is 10.4. The first-order valence-electron chi connectivity index (χ1n) is 10.9. The van der Waals surface area contributed by atoms with E-state index in [2.05, 4.69) is 6.58 Å². The number of carbonyl (C=O) groups excluding carboxylic acids is 2. The molecule has 0 unspecified atom stereocenters. The predicted molar refractivity (Wildman–Crippen MR) is 127 cm³/mol. The number of carbonyl (C=O) groups is 2. The van der Waals surface area contributed by atoms with Crippen molar-refractivity contribution in [3.8, 4) is 0 Å². The molecular weight excluding hydrogens is 402 g/mol. The molecule has 1 aromatic heterocycles. The van der Waals surface area contributed by atoms with Crippen molar-refractivity contribution in [3.05, 3.63) is 84.6 Å². The van der Waals surface area contributed by atoms with E-state index in [0.29, 0.717) is 25.3 Å². The summed E-state index contributed by atoms with van der Waals surface area (Å²) in [6, 6.07) is 19.5. The first-order valence-corrected chi connectivity index (χ1v) is 10.9. The zero-order valence-corrected chi connectivity index (χ0v) is 19.0. The van der Waals surface area contributed by atoms with Gasteiger partial charge in [-0.2, -0.15) is 0 Å². The highest BCUT2D eigenvalue weighted by molar-refractivity contribution is 5.91. The van der Waals surface area contributed by atoms with Crippen LogP contribution in [-0.4, -0.2) is 29.2 Å². The second-order valence-electron chi connectivity index (χ2n) is 8.83. The number of aromatic nitrogens is 1. The topological polar surface area (TPSA) is 57.5 Å². The van der Waals surface area contributed by atoms with E-state index >= 15 is 0 Å². The summed E-state index contributed by atoms with van der Waals surface area (Å²) in [5.41, 5.74) is 1.88. The van der Waals surface area contributed by atoms with Gasteiger partial charge in [-0.1, -0.05) is 54.6 Å². The van der Waals surface area contributed by atoms with E-state index in [1.807, 2.05) is 81.4 Å². The Morgan fingerprint density at radius 1 is 1.09 bits per heavy atom. The van der Waals surface area contributed by atoms with Crippen molar-refractivity contribution in [2.75, 3.05) is 6.61 Å². The minimum Gasteiger partial charge on any atom is -0.443 e. The van der Waals surface area contributed by atoms with E-state index in [9.17, 15) is 9.59 Å². The van der Waals surface area contributed by atoms with Gasteiger partial charge in [0.1, 0.15) is 11.9 Å². The Hall–Kier alpha value is -3.18. The van der Waals surface area contributed by atoms with Gasteiger partial charge in [0.15, 0.2) is 0 Å². The molecule has 0 bridgehead atoms. The second kappa shape index (κ2) is 10.4. The van der Waals surface area contributed by atoms with Crippen LogP contribution in [-0.2, 0) is 20.9 Å². The summed E-state index contributed by atoms with van der Waals surface area (Å²) in [5, 5.41) is 0.908. The Labute approximate surface area is 189 Å². The van der Waals surface area contributed by atoms with Crippen molar-refractivity contribution in [3.63, 3.8) is 0 Å². The average molecular weight is 434 g/mol. The number of benzene rings is 2. The highest BCUT2D eigenvalue weighted by atomic mass is 16.6. The van der Waals surface area contributed by atoms with Gasteiger partial charge >= 0.3 is 6.09 Å². The van der Waals surface area contributed by atoms with E-state index in [0.717, 1.165) is 22.8 Å². The molecule has 168 valence electrons. The molecule has 0 aliphatic heterocycles. The molecular formula is C27H31NO4. The number of ether oxygens (including phenoxy) is 2. The molecule has 2 aromatic carbocycles. The maximum atomic E-state index is 13.1. The van der Waals surface area contributed by atoms with Crippen LogP contribution in [0.2, 0.25) is 0 Å². The molecule has 3 aromatic rings. The third kappa shape index (κ3) is 5.74. The number of nitrogens with zero attached hydrogens (tertiary/aromatic N) is 1. The molecule has 0 radical (unpaired) electrons. The smallest absolute Gasteiger partial charge is 0.419 e. The van der Waals surface area contributed by atoms with Crippen LogP contribution < -0.4 is 0 Å². The quantitative estimate of drug-likeness (QED) is 0.232. The summed E-state index contributed by atoms with van der Waals surface area (Å²) >= 11 is 0. The molecule has 0 spiro atoms. The van der Waals surface area contributed by atoms with E-state index in [1.165, 1.54) is 0 Å². The number of para-hydroxylation sites is 1. The highest BCUT2D eigenvalue weighted by Gasteiger charge is 2.28. The fourth-order valence-corrected chi connectivity index (χ4v) is 3.76. The van der Waals surface area contributed by atoms with Crippen molar-refractivity contribution in [1.82, 2.24) is 4.57 Å². The fourth-order valence-electron chi connectivity index (χ4n) is 3.76. The fraction of sp³-hybridized carbons (Fsp3) is 0.333. The van der Waals surface area contributed by atoms with Crippen LogP contribution in [0.1, 0.15) is 44.4 Å². The molecule has 5 nitrogen and oxygen atoms in total. The van der Waals surface area contributed by atoms with Gasteiger partial charge in [0.25, 0.3) is 0 Å². The van der Waals surface area contributed by atoms with Gasteiger partial charge in [0.2, 0.25) is 0 Å². The Morgan fingerprint density at radius 3 is 2.44 bits per heavy atom. The first kappa shape index (κ1) is 23.5. The molecule has 0 saturated heterocycles. The van der Waals surface area contributed by atoms with Crippen LogP contribution in [0.25, 0.3) is 10.9 Å². The molecule has 32 heavy (non-hydrogen) atoms. The number of aldehydes is 1. The number of allylic oxidation sites excluding steroid dienone is 1. The van der Waals surface area contributed by atoms with Crippen LogP contribution in [0.3, 0.4) is 0 Å². The Balaban J connectivity index is 1.83. The Morgan fingerprint density at radius 2 is 1.78 bits per heavy atom. The van der Waals surface area contributed by atoms with Crippen LogP contribution in [0, 0.1) is 5.92 Å². The summed E-state index contributed by atoms with van der Waals surface area (Å²) in [5.74, 6) is -0.735. The SMILES string of the molecule is C=C[C@H](c1cc2ccccc2n1C(=O)OC(C)(C)C)[C@H](C=O)CCOCc1ccccc1. The maximum Gasteiger partial charge on any atom is 0.419 e. The molecule has 0 aliphatic rings. The largest absolute Gasteiger partial charge is 0.443 e. The molecule has 2 atom stereocenters. The lowest BCUT2D eigenvalue weighted by Gasteiger charge is -2.24. The number of rotatable bonds is 9. The van der Waals surface area contributed by atoms with Crippen molar-refractivity contribution in [2.45, 2.75) is 45.3 Å². The predicted octanol–water partition coefficient (Wildman–Crippen LogP) is 6.12. The van der Waals surface area contributed by atoms with Crippen molar-refractivity contribution in [1.29, 1.82) is 0 Å². The van der Waals surface area contributed by atoms with Crippen LogP contribution in [0.15, 0.2) is 73.3 Å². The van der Waals surface area contributed by atoms with E-state index in [1.54, 1.807) is 10.6 Å². The molecule has 0 saturated carbocycles. The zero-order chi connectivity index (χ0) is 23.1. The van der Waals surface area contributed by atoms with Crippen molar-refractivity contribution >= 4 is 23.3 Å².